The van der Waals surface area contributed by atoms with E-state index < -0.39 is 5.97 Å². The van der Waals surface area contributed by atoms with Gasteiger partial charge in [0.05, 0.1) is 11.1 Å². The van der Waals surface area contributed by atoms with Gasteiger partial charge in [-0.1, -0.05) is 15.9 Å². The highest BCUT2D eigenvalue weighted by molar-refractivity contribution is 9.10. The number of carbonyl (C=O) groups excluding carboxylic acids is 1. The third-order valence-corrected chi connectivity index (χ3v) is 3.28. The summed E-state index contributed by atoms with van der Waals surface area (Å²) in [6, 6.07) is 8.54. The number of nitrogens with zero attached hydrogens (tertiary/aromatic N) is 2. The number of halogens is 1. The van der Waals surface area contributed by atoms with E-state index in [2.05, 4.69) is 20.9 Å². The van der Waals surface area contributed by atoms with Gasteiger partial charge in [0.15, 0.2) is 0 Å². The third kappa shape index (κ3) is 3.03. The standard InChI is InChI=1S/C14H11BrN2O3/c1-17(12-4-2-11(15)3-5-12)13(18)9-6-10(14(19)20)8-16-7-9/h2-8H,1H3,(H,19,20). The van der Waals surface area contributed by atoms with Gasteiger partial charge in [0.1, 0.15) is 0 Å². The number of benzene rings is 1. The van der Waals surface area contributed by atoms with Crippen molar-refractivity contribution in [1.29, 1.82) is 0 Å². The lowest BCUT2D eigenvalue weighted by molar-refractivity contribution is 0.0696. The van der Waals surface area contributed by atoms with E-state index in [1.165, 1.54) is 23.4 Å². The molecule has 6 heteroatoms. The van der Waals surface area contributed by atoms with E-state index in [-0.39, 0.29) is 17.0 Å². The largest absolute Gasteiger partial charge is 0.478 e. The van der Waals surface area contributed by atoms with Crippen molar-refractivity contribution in [3.05, 3.63) is 58.3 Å². The van der Waals surface area contributed by atoms with E-state index in [1.54, 1.807) is 19.2 Å². The van der Waals surface area contributed by atoms with Crippen molar-refractivity contribution < 1.29 is 14.7 Å². The predicted molar refractivity (Wildman–Crippen MR) is 78.1 cm³/mol. The molecule has 2 aromatic rings. The topological polar surface area (TPSA) is 70.5 Å². The molecule has 0 saturated carbocycles. The molecule has 0 saturated heterocycles. The van der Waals surface area contributed by atoms with Gasteiger partial charge in [-0.15, -0.1) is 0 Å². The Morgan fingerprint density at radius 1 is 1.15 bits per heavy atom. The Hall–Kier alpha value is -2.21. The molecule has 1 aromatic heterocycles. The minimum atomic E-state index is -1.11. The van der Waals surface area contributed by atoms with Gasteiger partial charge >= 0.3 is 5.97 Å². The average molecular weight is 335 g/mol. The van der Waals surface area contributed by atoms with Crippen molar-refractivity contribution in [2.75, 3.05) is 11.9 Å². The van der Waals surface area contributed by atoms with Crippen LogP contribution in [0.4, 0.5) is 5.69 Å². The number of amides is 1. The normalized spacial score (nSPS) is 10.1. The van der Waals surface area contributed by atoms with Crippen LogP contribution in [0.15, 0.2) is 47.2 Å². The smallest absolute Gasteiger partial charge is 0.337 e. The summed E-state index contributed by atoms with van der Waals surface area (Å²) in [6.07, 6.45) is 2.56. The number of hydrogen-bond donors (Lipinski definition) is 1. The molecule has 0 radical (unpaired) electrons. The van der Waals surface area contributed by atoms with E-state index in [1.807, 2.05) is 12.1 Å². The van der Waals surface area contributed by atoms with E-state index >= 15 is 0 Å². The number of carboxylic acids is 1. The number of aromatic carboxylic acids is 1. The average Bonchev–Trinajstić information content (AvgIpc) is 2.46. The molecule has 0 atom stereocenters. The molecule has 1 N–H and O–H groups in total. The molecule has 1 aromatic carbocycles. The predicted octanol–water partition coefficient (Wildman–Crippen LogP) is 2.82. The minimum absolute atomic E-state index is 0.0138. The molecule has 0 aliphatic heterocycles. The van der Waals surface area contributed by atoms with Gasteiger partial charge in [0, 0.05) is 29.6 Å². The zero-order chi connectivity index (χ0) is 14.7. The molecule has 0 aliphatic rings. The molecule has 1 heterocycles. The Morgan fingerprint density at radius 3 is 2.35 bits per heavy atom. The Balaban J connectivity index is 2.28. The number of pyridine rings is 1. The fourth-order valence-corrected chi connectivity index (χ4v) is 1.91. The van der Waals surface area contributed by atoms with Gasteiger partial charge in [0.25, 0.3) is 5.91 Å². The van der Waals surface area contributed by atoms with Crippen LogP contribution in [0.2, 0.25) is 0 Å². The van der Waals surface area contributed by atoms with Gasteiger partial charge in [-0.05, 0) is 30.3 Å². The summed E-state index contributed by atoms with van der Waals surface area (Å²) in [5.41, 5.74) is 0.925. The van der Waals surface area contributed by atoms with Gasteiger partial charge < -0.3 is 10.0 Å². The van der Waals surface area contributed by atoms with Crippen LogP contribution in [0.5, 0.6) is 0 Å². The first-order chi connectivity index (χ1) is 9.49. The second-order valence-corrected chi connectivity index (χ2v) is 5.02. The van der Waals surface area contributed by atoms with Crippen molar-refractivity contribution >= 4 is 33.5 Å². The van der Waals surface area contributed by atoms with Crippen LogP contribution >= 0.6 is 15.9 Å². The minimum Gasteiger partial charge on any atom is -0.478 e. The molecule has 0 spiro atoms. The maximum atomic E-state index is 12.3. The van der Waals surface area contributed by atoms with Crippen molar-refractivity contribution in [2.45, 2.75) is 0 Å². The van der Waals surface area contributed by atoms with E-state index in [4.69, 9.17) is 5.11 Å². The van der Waals surface area contributed by atoms with E-state index in [0.29, 0.717) is 5.69 Å². The van der Waals surface area contributed by atoms with Crippen molar-refractivity contribution in [3.8, 4) is 0 Å². The first-order valence-electron chi connectivity index (χ1n) is 5.71. The molecule has 0 aliphatic carbocycles. The summed E-state index contributed by atoms with van der Waals surface area (Å²) in [6.45, 7) is 0. The molecule has 0 fully saturated rings. The molecular weight excluding hydrogens is 324 g/mol. The van der Waals surface area contributed by atoms with E-state index in [9.17, 15) is 9.59 Å². The second kappa shape index (κ2) is 5.83. The molecule has 1 amide bonds. The molecule has 5 nitrogen and oxygen atoms in total. The number of hydrogen-bond acceptors (Lipinski definition) is 3. The Kier molecular flexibility index (Phi) is 4.14. The lowest BCUT2D eigenvalue weighted by atomic mass is 10.2. The zero-order valence-electron chi connectivity index (χ0n) is 10.6. The first kappa shape index (κ1) is 14.2. The van der Waals surface area contributed by atoms with Crippen LogP contribution in [0.3, 0.4) is 0 Å². The van der Waals surface area contributed by atoms with Crippen molar-refractivity contribution in [2.24, 2.45) is 0 Å². The lowest BCUT2D eigenvalue weighted by Crippen LogP contribution is -2.26. The third-order valence-electron chi connectivity index (χ3n) is 2.75. The lowest BCUT2D eigenvalue weighted by Gasteiger charge is -2.17. The van der Waals surface area contributed by atoms with Crippen molar-refractivity contribution in [1.82, 2.24) is 4.98 Å². The van der Waals surface area contributed by atoms with Gasteiger partial charge in [-0.25, -0.2) is 4.79 Å². The van der Waals surface area contributed by atoms with Gasteiger partial charge in [-0.3, -0.25) is 9.78 Å². The number of anilines is 1. The quantitative estimate of drug-likeness (QED) is 0.936. The van der Waals surface area contributed by atoms with Gasteiger partial charge in [-0.2, -0.15) is 0 Å². The Morgan fingerprint density at radius 2 is 1.75 bits per heavy atom. The van der Waals surface area contributed by atoms with Crippen LogP contribution in [-0.2, 0) is 0 Å². The molecule has 20 heavy (non-hydrogen) atoms. The summed E-state index contributed by atoms with van der Waals surface area (Å²) in [5.74, 6) is -1.43. The highest BCUT2D eigenvalue weighted by Crippen LogP contribution is 2.19. The van der Waals surface area contributed by atoms with E-state index in [0.717, 1.165) is 4.47 Å². The Labute approximate surface area is 124 Å². The van der Waals surface area contributed by atoms with Crippen LogP contribution in [-0.4, -0.2) is 29.0 Å². The molecular formula is C14H11BrN2O3. The van der Waals surface area contributed by atoms with Crippen molar-refractivity contribution in [3.63, 3.8) is 0 Å². The van der Waals surface area contributed by atoms with Gasteiger partial charge in [0.2, 0.25) is 0 Å². The fraction of sp³-hybridized carbons (Fsp3) is 0.0714. The number of rotatable bonds is 3. The molecule has 0 unspecified atom stereocenters. The highest BCUT2D eigenvalue weighted by atomic mass is 79.9. The van der Waals surface area contributed by atoms with Crippen LogP contribution in [0, 0.1) is 0 Å². The summed E-state index contributed by atoms with van der Waals surface area (Å²) >= 11 is 3.32. The SMILES string of the molecule is CN(C(=O)c1cncc(C(=O)O)c1)c1ccc(Br)cc1. The molecule has 102 valence electrons. The number of carbonyl (C=O) groups is 2. The summed E-state index contributed by atoms with van der Waals surface area (Å²) in [4.78, 5) is 28.4. The van der Waals surface area contributed by atoms with Crippen LogP contribution < -0.4 is 4.90 Å². The van der Waals surface area contributed by atoms with Crippen LogP contribution in [0.25, 0.3) is 0 Å². The number of carboxylic acid groups (broad SMARTS) is 1. The first-order valence-corrected chi connectivity index (χ1v) is 6.50. The monoisotopic (exact) mass is 334 g/mol. The van der Waals surface area contributed by atoms with Crippen LogP contribution in [0.1, 0.15) is 20.7 Å². The summed E-state index contributed by atoms with van der Waals surface area (Å²) in [7, 11) is 1.62. The number of aromatic nitrogens is 1. The maximum Gasteiger partial charge on any atom is 0.337 e. The molecule has 2 rings (SSSR count). The highest BCUT2D eigenvalue weighted by Gasteiger charge is 2.15. The summed E-state index contributed by atoms with van der Waals surface area (Å²) in [5, 5.41) is 8.91. The zero-order valence-corrected chi connectivity index (χ0v) is 12.2. The maximum absolute atomic E-state index is 12.3. The fourth-order valence-electron chi connectivity index (χ4n) is 1.65. The molecule has 0 bridgehead atoms. The Bertz CT molecular complexity index is 656. The summed E-state index contributed by atoms with van der Waals surface area (Å²) < 4.78 is 0.914. The second-order valence-electron chi connectivity index (χ2n) is 4.11.